The van der Waals surface area contributed by atoms with E-state index in [4.69, 9.17) is 4.74 Å². The van der Waals surface area contributed by atoms with Crippen LogP contribution in [0.2, 0.25) is 0 Å². The third-order valence-electron chi connectivity index (χ3n) is 4.08. The Balaban J connectivity index is 3.04. The van der Waals surface area contributed by atoms with E-state index in [1.54, 1.807) is 0 Å². The highest BCUT2D eigenvalue weighted by molar-refractivity contribution is 5.81. The van der Waals surface area contributed by atoms with Crippen LogP contribution in [0.1, 0.15) is 96.8 Å². The molecule has 0 aromatic carbocycles. The molecule has 0 spiro atoms. The number of ether oxygens (including phenoxy) is 1. The molecule has 0 aromatic rings. The highest BCUT2D eigenvalue weighted by Crippen LogP contribution is 2.12. The van der Waals surface area contributed by atoms with Crippen LogP contribution in [0.3, 0.4) is 0 Å². The second kappa shape index (κ2) is 19.0. The molecule has 0 aliphatic rings. The monoisotopic (exact) mass is 322 g/mol. The molecule has 0 fully saturated rings. The number of carbonyl (C=O) groups excluding carboxylic acids is 1. The maximum atomic E-state index is 10.8. The first-order valence-electron chi connectivity index (χ1n) is 9.75. The van der Waals surface area contributed by atoms with Crippen molar-refractivity contribution in [2.75, 3.05) is 6.61 Å². The van der Waals surface area contributed by atoms with E-state index in [1.807, 2.05) is 0 Å². The number of hydrogen-bond donors (Lipinski definition) is 0. The van der Waals surface area contributed by atoms with Crippen molar-refractivity contribution in [1.82, 2.24) is 0 Å². The summed E-state index contributed by atoms with van der Waals surface area (Å²) in [4.78, 5) is 10.8. The lowest BCUT2D eigenvalue weighted by Gasteiger charge is -2.03. The molecule has 0 unspecified atom stereocenters. The summed E-state index contributed by atoms with van der Waals surface area (Å²) < 4.78 is 4.95. The van der Waals surface area contributed by atoms with E-state index < -0.39 is 0 Å². The van der Waals surface area contributed by atoms with E-state index in [0.29, 0.717) is 6.61 Å². The first kappa shape index (κ1) is 21.9. The molecular weight excluding hydrogens is 284 g/mol. The normalized spacial score (nSPS) is 11.0. The zero-order chi connectivity index (χ0) is 17.0. The molecule has 0 atom stereocenters. The lowest BCUT2D eigenvalue weighted by Crippen LogP contribution is -2.01. The Kier molecular flexibility index (Phi) is 18.1. The molecule has 0 saturated heterocycles. The third-order valence-corrected chi connectivity index (χ3v) is 4.08. The Morgan fingerprint density at radius 3 is 1.74 bits per heavy atom. The quantitative estimate of drug-likeness (QED) is 0.128. The number of allylic oxidation sites excluding steroid dienone is 2. The summed E-state index contributed by atoms with van der Waals surface area (Å²) in [7, 11) is 0. The fraction of sp³-hybridized carbons (Fsp3) is 0.762. The molecule has 134 valence electrons. The molecule has 2 nitrogen and oxygen atoms in total. The minimum atomic E-state index is -0.303. The van der Waals surface area contributed by atoms with Crippen molar-refractivity contribution in [2.45, 2.75) is 96.8 Å². The van der Waals surface area contributed by atoms with Crippen LogP contribution >= 0.6 is 0 Å². The topological polar surface area (TPSA) is 26.3 Å². The Morgan fingerprint density at radius 1 is 0.783 bits per heavy atom. The average molecular weight is 323 g/mol. The van der Waals surface area contributed by atoms with Crippen LogP contribution in [0.15, 0.2) is 24.8 Å². The van der Waals surface area contributed by atoms with Crippen molar-refractivity contribution < 1.29 is 9.53 Å². The second-order valence-electron chi connectivity index (χ2n) is 6.28. The first-order chi connectivity index (χ1) is 11.3. The van der Waals surface area contributed by atoms with E-state index >= 15 is 0 Å². The predicted molar refractivity (Wildman–Crippen MR) is 101 cm³/mol. The zero-order valence-corrected chi connectivity index (χ0v) is 15.4. The van der Waals surface area contributed by atoms with Crippen LogP contribution in [-0.2, 0) is 9.53 Å². The summed E-state index contributed by atoms with van der Waals surface area (Å²) in [6.07, 6.45) is 24.1. The molecule has 0 amide bonds. The van der Waals surface area contributed by atoms with Crippen molar-refractivity contribution >= 4 is 5.97 Å². The van der Waals surface area contributed by atoms with E-state index in [9.17, 15) is 4.79 Å². The van der Waals surface area contributed by atoms with Gasteiger partial charge in [0.1, 0.15) is 0 Å². The fourth-order valence-corrected chi connectivity index (χ4v) is 2.65. The number of carbonyl (C=O) groups is 1. The van der Waals surface area contributed by atoms with Crippen molar-refractivity contribution in [3.8, 4) is 0 Å². The van der Waals surface area contributed by atoms with Gasteiger partial charge < -0.3 is 4.74 Å². The third kappa shape index (κ3) is 18.9. The average Bonchev–Trinajstić information content (AvgIpc) is 2.57. The number of hydrogen-bond acceptors (Lipinski definition) is 2. The summed E-state index contributed by atoms with van der Waals surface area (Å²) in [5.41, 5.74) is 0. The van der Waals surface area contributed by atoms with E-state index in [1.165, 1.54) is 83.1 Å². The lowest BCUT2D eigenvalue weighted by molar-refractivity contribution is -0.137. The number of esters is 1. The lowest BCUT2D eigenvalue weighted by atomic mass is 10.0. The van der Waals surface area contributed by atoms with Crippen LogP contribution in [0.4, 0.5) is 0 Å². The molecule has 0 heterocycles. The molecule has 0 radical (unpaired) electrons. The summed E-state index contributed by atoms with van der Waals surface area (Å²) >= 11 is 0. The van der Waals surface area contributed by atoms with Gasteiger partial charge in [-0.05, 0) is 25.7 Å². The largest absolute Gasteiger partial charge is 0.463 e. The van der Waals surface area contributed by atoms with Gasteiger partial charge in [-0.1, -0.05) is 89.9 Å². The van der Waals surface area contributed by atoms with Crippen LogP contribution in [-0.4, -0.2) is 12.6 Å². The van der Waals surface area contributed by atoms with Gasteiger partial charge in [0, 0.05) is 6.08 Å². The van der Waals surface area contributed by atoms with Crippen molar-refractivity contribution in [1.29, 1.82) is 0 Å². The Bertz CT molecular complexity index is 294. The number of rotatable bonds is 17. The Morgan fingerprint density at radius 2 is 1.26 bits per heavy atom. The van der Waals surface area contributed by atoms with Gasteiger partial charge in [0.15, 0.2) is 0 Å². The van der Waals surface area contributed by atoms with E-state index in [-0.39, 0.29) is 5.97 Å². The van der Waals surface area contributed by atoms with Crippen molar-refractivity contribution in [3.05, 3.63) is 24.8 Å². The minimum absolute atomic E-state index is 0.303. The first-order valence-corrected chi connectivity index (χ1v) is 9.75. The summed E-state index contributed by atoms with van der Waals surface area (Å²) in [5.74, 6) is -0.303. The van der Waals surface area contributed by atoms with Crippen LogP contribution < -0.4 is 0 Å². The fourth-order valence-electron chi connectivity index (χ4n) is 2.65. The smallest absolute Gasteiger partial charge is 0.330 e. The highest BCUT2D eigenvalue weighted by Gasteiger charge is 1.96. The second-order valence-corrected chi connectivity index (χ2v) is 6.28. The van der Waals surface area contributed by atoms with Crippen molar-refractivity contribution in [2.24, 2.45) is 0 Å². The van der Waals surface area contributed by atoms with Gasteiger partial charge in [0.05, 0.1) is 6.61 Å². The molecule has 0 aliphatic heterocycles. The van der Waals surface area contributed by atoms with Gasteiger partial charge in [0.25, 0.3) is 0 Å². The van der Waals surface area contributed by atoms with E-state index in [0.717, 1.165) is 12.8 Å². The Hall–Kier alpha value is -1.05. The molecule has 2 heteroatoms. The zero-order valence-electron chi connectivity index (χ0n) is 15.4. The maximum Gasteiger partial charge on any atom is 0.330 e. The molecule has 0 aliphatic carbocycles. The molecule has 0 saturated carbocycles. The summed E-state index contributed by atoms with van der Waals surface area (Å²) in [5, 5.41) is 0. The van der Waals surface area contributed by atoms with Crippen LogP contribution in [0.5, 0.6) is 0 Å². The molecular formula is C21H38O2. The summed E-state index contributed by atoms with van der Waals surface area (Å²) in [6.45, 7) is 6.11. The SMILES string of the molecule is C=CC(=O)OCCCCCCCCCCCCCC/C=C/CC. The molecule has 0 aromatic heterocycles. The van der Waals surface area contributed by atoms with Gasteiger partial charge in [0.2, 0.25) is 0 Å². The van der Waals surface area contributed by atoms with E-state index in [2.05, 4.69) is 25.7 Å². The standard InChI is InChI=1S/C21H38O2/c1-3-5-6-7-8-9-10-11-12-13-14-15-16-17-18-19-20-23-21(22)4-2/h4-6H,2-3,7-20H2,1H3/b6-5+. The van der Waals surface area contributed by atoms with Gasteiger partial charge in [-0.3, -0.25) is 0 Å². The molecule has 0 N–H and O–H groups in total. The van der Waals surface area contributed by atoms with Gasteiger partial charge in [-0.2, -0.15) is 0 Å². The molecule has 0 bridgehead atoms. The van der Waals surface area contributed by atoms with Crippen molar-refractivity contribution in [3.63, 3.8) is 0 Å². The van der Waals surface area contributed by atoms with Gasteiger partial charge in [-0.15, -0.1) is 0 Å². The maximum absolute atomic E-state index is 10.8. The molecule has 0 rings (SSSR count). The highest BCUT2D eigenvalue weighted by atomic mass is 16.5. The minimum Gasteiger partial charge on any atom is -0.463 e. The molecule has 23 heavy (non-hydrogen) atoms. The van der Waals surface area contributed by atoms with Crippen LogP contribution in [0, 0.1) is 0 Å². The van der Waals surface area contributed by atoms with Gasteiger partial charge in [-0.25, -0.2) is 4.79 Å². The number of unbranched alkanes of at least 4 members (excludes halogenated alkanes) is 12. The Labute approximate surface area is 144 Å². The van der Waals surface area contributed by atoms with Crippen LogP contribution in [0.25, 0.3) is 0 Å². The summed E-state index contributed by atoms with van der Waals surface area (Å²) in [6, 6.07) is 0. The van der Waals surface area contributed by atoms with Gasteiger partial charge >= 0.3 is 5.97 Å². The predicted octanol–water partition coefficient (Wildman–Crippen LogP) is 6.75.